The minimum Gasteiger partial charge on any atom is -0.335 e. The van der Waals surface area contributed by atoms with Gasteiger partial charge in [-0.3, -0.25) is 4.79 Å². The molecule has 2 heterocycles. The number of hydrogen-bond acceptors (Lipinski definition) is 4. The summed E-state index contributed by atoms with van der Waals surface area (Å²) >= 11 is 1.61. The van der Waals surface area contributed by atoms with E-state index in [1.54, 1.807) is 28.4 Å². The predicted molar refractivity (Wildman–Crippen MR) is 102 cm³/mol. The quantitative estimate of drug-likeness (QED) is 0.810. The van der Waals surface area contributed by atoms with Crippen molar-refractivity contribution in [1.82, 2.24) is 9.21 Å². The maximum absolute atomic E-state index is 12.8. The van der Waals surface area contributed by atoms with Crippen LogP contribution in [0.5, 0.6) is 0 Å². The van der Waals surface area contributed by atoms with Crippen molar-refractivity contribution in [2.75, 3.05) is 26.2 Å². The monoisotopic (exact) mass is 390 g/mol. The highest BCUT2D eigenvalue weighted by Crippen LogP contribution is 2.31. The lowest BCUT2D eigenvalue weighted by Crippen LogP contribution is -2.50. The van der Waals surface area contributed by atoms with Gasteiger partial charge in [0.2, 0.25) is 10.0 Å². The molecule has 2 aromatic rings. The second kappa shape index (κ2) is 6.79. The number of thiophene rings is 1. The van der Waals surface area contributed by atoms with E-state index in [-0.39, 0.29) is 5.91 Å². The van der Waals surface area contributed by atoms with E-state index < -0.39 is 10.0 Å². The molecule has 0 bridgehead atoms. The van der Waals surface area contributed by atoms with Crippen molar-refractivity contribution in [1.29, 1.82) is 0 Å². The summed E-state index contributed by atoms with van der Waals surface area (Å²) in [6, 6.07) is 8.95. The number of carbonyl (C=O) groups excluding carboxylic acids is 1. The first-order valence-corrected chi connectivity index (χ1v) is 11.2. The molecule has 1 amide bonds. The summed E-state index contributed by atoms with van der Waals surface area (Å²) in [5, 5.41) is 0. The molecule has 5 nitrogen and oxygen atoms in total. The Kier molecular flexibility index (Phi) is 4.62. The molecule has 0 N–H and O–H groups in total. The molecule has 1 saturated heterocycles. The van der Waals surface area contributed by atoms with Crippen molar-refractivity contribution in [3.8, 4) is 0 Å². The maximum Gasteiger partial charge on any atom is 0.264 e. The average Bonchev–Trinajstić information content (AvgIpc) is 3.23. The van der Waals surface area contributed by atoms with Crippen molar-refractivity contribution in [3.05, 3.63) is 51.2 Å². The van der Waals surface area contributed by atoms with Gasteiger partial charge in [0.1, 0.15) is 0 Å². The van der Waals surface area contributed by atoms with E-state index in [9.17, 15) is 13.2 Å². The van der Waals surface area contributed by atoms with Gasteiger partial charge in [0.25, 0.3) is 5.91 Å². The van der Waals surface area contributed by atoms with E-state index in [1.165, 1.54) is 21.2 Å². The fourth-order valence-electron chi connectivity index (χ4n) is 3.58. The van der Waals surface area contributed by atoms with Gasteiger partial charge in [0.15, 0.2) is 0 Å². The van der Waals surface area contributed by atoms with E-state index in [1.807, 2.05) is 25.1 Å². The second-order valence-electron chi connectivity index (χ2n) is 6.92. The van der Waals surface area contributed by atoms with Crippen LogP contribution in [0.4, 0.5) is 0 Å². The number of piperazine rings is 1. The number of aryl methyl sites for hydroxylation is 3. The van der Waals surface area contributed by atoms with Crippen molar-refractivity contribution in [2.45, 2.75) is 31.1 Å². The number of sulfonamides is 1. The summed E-state index contributed by atoms with van der Waals surface area (Å²) in [6.45, 7) is 3.49. The van der Waals surface area contributed by atoms with Crippen molar-refractivity contribution < 1.29 is 13.2 Å². The van der Waals surface area contributed by atoms with Gasteiger partial charge in [0.05, 0.1) is 9.77 Å². The Bertz CT molecular complexity index is 903. The molecular formula is C19H22N2O3S2. The average molecular weight is 391 g/mol. The third kappa shape index (κ3) is 3.19. The van der Waals surface area contributed by atoms with Crippen LogP contribution < -0.4 is 0 Å². The largest absolute Gasteiger partial charge is 0.335 e. The topological polar surface area (TPSA) is 57.7 Å². The van der Waals surface area contributed by atoms with Crippen LogP contribution in [-0.4, -0.2) is 49.7 Å². The molecule has 1 aromatic heterocycles. The molecule has 26 heavy (non-hydrogen) atoms. The summed E-state index contributed by atoms with van der Waals surface area (Å²) < 4.78 is 27.0. The van der Waals surface area contributed by atoms with Crippen LogP contribution in [0.3, 0.4) is 0 Å². The number of benzene rings is 1. The zero-order valence-corrected chi connectivity index (χ0v) is 16.4. The van der Waals surface area contributed by atoms with Crippen LogP contribution in [0.25, 0.3) is 0 Å². The summed E-state index contributed by atoms with van der Waals surface area (Å²) in [5.41, 5.74) is 2.35. The van der Waals surface area contributed by atoms with Crippen LogP contribution in [0.15, 0.2) is 35.2 Å². The van der Waals surface area contributed by atoms with Gasteiger partial charge in [0, 0.05) is 31.1 Å². The molecule has 0 saturated carbocycles. The fraction of sp³-hybridized carbons (Fsp3) is 0.421. The summed E-state index contributed by atoms with van der Waals surface area (Å²) in [6.07, 6.45) is 3.34. The van der Waals surface area contributed by atoms with Gasteiger partial charge in [-0.05, 0) is 49.9 Å². The Morgan fingerprint density at radius 3 is 2.38 bits per heavy atom. The van der Waals surface area contributed by atoms with E-state index in [0.29, 0.717) is 31.1 Å². The van der Waals surface area contributed by atoms with Crippen molar-refractivity contribution in [3.63, 3.8) is 0 Å². The number of carbonyl (C=O) groups is 1. The van der Waals surface area contributed by atoms with E-state index in [4.69, 9.17) is 0 Å². The highest BCUT2D eigenvalue weighted by Gasteiger charge is 2.31. The number of fused-ring (bicyclic) bond motifs is 1. The maximum atomic E-state index is 12.8. The normalized spacial score (nSPS) is 18.1. The Labute approximate surface area is 158 Å². The van der Waals surface area contributed by atoms with Gasteiger partial charge in [-0.25, -0.2) is 8.42 Å². The van der Waals surface area contributed by atoms with E-state index in [2.05, 4.69) is 0 Å². The van der Waals surface area contributed by atoms with Crippen molar-refractivity contribution in [2.24, 2.45) is 0 Å². The van der Waals surface area contributed by atoms with Crippen LogP contribution in [-0.2, 0) is 22.9 Å². The first kappa shape index (κ1) is 17.7. The SMILES string of the molecule is Cc1ccc(S(=O)(=O)N2CCN(C(=O)c3cc4c(s3)CCC4)CC2)cc1. The van der Waals surface area contributed by atoms with Gasteiger partial charge in [-0.2, -0.15) is 4.31 Å². The molecule has 1 fully saturated rings. The third-order valence-electron chi connectivity index (χ3n) is 5.14. The molecule has 0 spiro atoms. The molecular weight excluding hydrogens is 368 g/mol. The smallest absolute Gasteiger partial charge is 0.264 e. The number of hydrogen-bond donors (Lipinski definition) is 0. The lowest BCUT2D eigenvalue weighted by atomic mass is 10.2. The molecule has 7 heteroatoms. The van der Waals surface area contributed by atoms with Crippen LogP contribution in [0, 0.1) is 6.92 Å². The van der Waals surface area contributed by atoms with Crippen LogP contribution in [0.2, 0.25) is 0 Å². The first-order chi connectivity index (χ1) is 12.4. The van der Waals surface area contributed by atoms with E-state index >= 15 is 0 Å². The number of rotatable bonds is 3. The molecule has 1 aromatic carbocycles. The molecule has 1 aliphatic carbocycles. The minimum atomic E-state index is -3.49. The predicted octanol–water partition coefficient (Wildman–Crippen LogP) is 2.69. The summed E-state index contributed by atoms with van der Waals surface area (Å²) in [7, 11) is -3.49. The Balaban J connectivity index is 1.43. The standard InChI is InChI=1S/C19H22N2O3S2/c1-14-5-7-16(8-6-14)26(23,24)21-11-9-20(10-12-21)19(22)18-13-15-3-2-4-17(15)25-18/h5-8,13H,2-4,9-12H2,1H3. The lowest BCUT2D eigenvalue weighted by Gasteiger charge is -2.33. The molecule has 138 valence electrons. The highest BCUT2D eigenvalue weighted by molar-refractivity contribution is 7.89. The van der Waals surface area contributed by atoms with Gasteiger partial charge >= 0.3 is 0 Å². The Morgan fingerprint density at radius 2 is 1.73 bits per heavy atom. The van der Waals surface area contributed by atoms with Gasteiger partial charge in [-0.15, -0.1) is 11.3 Å². The first-order valence-electron chi connectivity index (χ1n) is 8.93. The molecule has 0 radical (unpaired) electrons. The summed E-state index contributed by atoms with van der Waals surface area (Å²) in [4.78, 5) is 17.0. The van der Waals surface area contributed by atoms with Crippen molar-refractivity contribution >= 4 is 27.3 Å². The van der Waals surface area contributed by atoms with Crippen LogP contribution in [0.1, 0.15) is 32.1 Å². The Hall–Kier alpha value is -1.70. The van der Waals surface area contributed by atoms with Crippen LogP contribution >= 0.6 is 11.3 Å². The highest BCUT2D eigenvalue weighted by atomic mass is 32.2. The van der Waals surface area contributed by atoms with Gasteiger partial charge < -0.3 is 4.90 Å². The summed E-state index contributed by atoms with van der Waals surface area (Å²) in [5.74, 6) is 0.0387. The lowest BCUT2D eigenvalue weighted by molar-refractivity contribution is 0.0702. The van der Waals surface area contributed by atoms with Gasteiger partial charge in [-0.1, -0.05) is 17.7 Å². The number of amides is 1. The third-order valence-corrected chi connectivity index (χ3v) is 8.28. The molecule has 1 aliphatic heterocycles. The van der Waals surface area contributed by atoms with E-state index in [0.717, 1.165) is 23.3 Å². The Morgan fingerprint density at radius 1 is 1.04 bits per heavy atom. The number of nitrogens with zero attached hydrogens (tertiary/aromatic N) is 2. The molecule has 0 unspecified atom stereocenters. The second-order valence-corrected chi connectivity index (χ2v) is 10.00. The molecule has 4 rings (SSSR count). The molecule has 0 atom stereocenters. The molecule has 2 aliphatic rings. The minimum absolute atomic E-state index is 0.0387. The fourth-order valence-corrected chi connectivity index (χ4v) is 6.22. The zero-order valence-electron chi connectivity index (χ0n) is 14.8. The zero-order chi connectivity index (χ0) is 18.3.